The van der Waals surface area contributed by atoms with Crippen molar-refractivity contribution >= 4 is 80.5 Å². The van der Waals surface area contributed by atoms with Crippen molar-refractivity contribution < 1.29 is 0 Å². The third-order valence-electron chi connectivity index (χ3n) is 9.84. The third kappa shape index (κ3) is 6.26. The number of nitrogens with one attached hydrogen (secondary N) is 3. The summed E-state index contributed by atoms with van der Waals surface area (Å²) < 4.78 is 4.68. The predicted molar refractivity (Wildman–Crippen MR) is 237 cm³/mol. The number of aliphatic imine (C=N–C) groups is 1. The van der Waals surface area contributed by atoms with Crippen LogP contribution in [-0.2, 0) is 0 Å². The highest BCUT2D eigenvalue weighted by atomic mass is 32.1. The number of rotatable bonds is 7. The van der Waals surface area contributed by atoms with Crippen LogP contribution in [0.1, 0.15) is 11.1 Å². The van der Waals surface area contributed by atoms with Gasteiger partial charge in [0.2, 0.25) is 0 Å². The molecule has 0 saturated heterocycles. The van der Waals surface area contributed by atoms with Crippen molar-refractivity contribution in [1.82, 2.24) is 15.4 Å². The Morgan fingerprint density at radius 3 is 2.05 bits per heavy atom. The van der Waals surface area contributed by atoms with E-state index in [4.69, 9.17) is 20.4 Å². The van der Waals surface area contributed by atoms with E-state index >= 15 is 0 Å². The zero-order chi connectivity index (χ0) is 37.4. The molecule has 0 aliphatic carbocycles. The number of fused-ring (bicyclic) bond motifs is 6. The van der Waals surface area contributed by atoms with Crippen LogP contribution in [0.2, 0.25) is 0 Å². The largest absolute Gasteiger partial charge is 0.300 e. The van der Waals surface area contributed by atoms with E-state index in [0.717, 1.165) is 71.6 Å². The minimum absolute atomic E-state index is 0.169. The van der Waals surface area contributed by atoms with Crippen LogP contribution in [0.5, 0.6) is 0 Å². The second-order valence-electron chi connectivity index (χ2n) is 13.4. The number of hydrogen-bond donors (Lipinski definition) is 3. The average Bonchev–Trinajstić information content (AvgIpc) is 3.84. The van der Waals surface area contributed by atoms with Crippen LogP contribution in [0.15, 0.2) is 181 Å². The lowest BCUT2D eigenvalue weighted by atomic mass is 10.00. The summed E-state index contributed by atoms with van der Waals surface area (Å²) in [6, 6.07) is 59.8. The van der Waals surface area contributed by atoms with Gasteiger partial charge in [0.25, 0.3) is 0 Å². The molecule has 3 N–H and O–H groups in total. The van der Waals surface area contributed by atoms with Crippen LogP contribution in [0.25, 0.3) is 74.2 Å². The molecule has 0 aliphatic heterocycles. The Bertz CT molecular complexity index is 3100. The van der Waals surface area contributed by atoms with Crippen molar-refractivity contribution in [1.29, 1.82) is 5.41 Å². The van der Waals surface area contributed by atoms with E-state index in [-0.39, 0.29) is 5.84 Å². The van der Waals surface area contributed by atoms with Crippen molar-refractivity contribution in [2.75, 3.05) is 5.43 Å². The highest BCUT2D eigenvalue weighted by Gasteiger charge is 2.19. The molecule has 0 bridgehead atoms. The number of nitrogens with zero attached hydrogens (tertiary/aromatic N) is 3. The summed E-state index contributed by atoms with van der Waals surface area (Å²) in [5, 5.41) is 12.3. The summed E-state index contributed by atoms with van der Waals surface area (Å²) in [7, 11) is 0. The van der Waals surface area contributed by atoms with Gasteiger partial charge in [-0.1, -0.05) is 140 Å². The molecule has 0 fully saturated rings. The molecule has 0 aliphatic rings. The zero-order valence-electron chi connectivity index (χ0n) is 29.9. The molecule has 0 unspecified atom stereocenters. The molecular weight excluding hydrogens is 725 g/mol. The van der Waals surface area contributed by atoms with Gasteiger partial charge in [0, 0.05) is 52.5 Å². The molecule has 3 heterocycles. The lowest BCUT2D eigenvalue weighted by molar-refractivity contribution is 1.11. The SMILES string of the molecule is N=C(/N=C(\NNc1ccccc1)c1cccc(-c2ccc3c(c2)sc2cccc(-c4nc(-c5ccccc5)c5sc6ccccc6c5n4)c23)c1)c1ccccc1. The fraction of sp³-hybridized carbons (Fsp3) is 0. The lowest BCUT2D eigenvalue weighted by Crippen LogP contribution is -2.31. The van der Waals surface area contributed by atoms with Gasteiger partial charge in [0.1, 0.15) is 0 Å². The van der Waals surface area contributed by atoms with E-state index in [1.54, 1.807) is 22.7 Å². The molecule has 0 spiro atoms. The molecule has 3 aromatic heterocycles. The second-order valence-corrected chi connectivity index (χ2v) is 15.5. The van der Waals surface area contributed by atoms with E-state index in [0.29, 0.717) is 5.84 Å². The fourth-order valence-corrected chi connectivity index (χ4v) is 9.46. The second kappa shape index (κ2) is 14.3. The Balaban J connectivity index is 1.06. The number of para-hydroxylation sites is 1. The molecule has 266 valence electrons. The highest BCUT2D eigenvalue weighted by molar-refractivity contribution is 7.26. The van der Waals surface area contributed by atoms with E-state index < -0.39 is 0 Å². The van der Waals surface area contributed by atoms with E-state index in [1.165, 1.54) is 19.5 Å². The minimum atomic E-state index is 0.169. The van der Waals surface area contributed by atoms with Crippen LogP contribution in [0.3, 0.4) is 0 Å². The molecule has 7 aromatic carbocycles. The number of thiophene rings is 2. The Kier molecular flexibility index (Phi) is 8.59. The topological polar surface area (TPSA) is 86.0 Å². The summed E-state index contributed by atoms with van der Waals surface area (Å²) in [4.78, 5) is 15.4. The average molecular weight is 757 g/mol. The molecule has 6 nitrogen and oxygen atoms in total. The first-order chi connectivity index (χ1) is 27.7. The molecule has 56 heavy (non-hydrogen) atoms. The summed E-state index contributed by atoms with van der Waals surface area (Å²) >= 11 is 3.53. The van der Waals surface area contributed by atoms with Crippen molar-refractivity contribution in [3.05, 3.63) is 187 Å². The summed E-state index contributed by atoms with van der Waals surface area (Å²) in [5.74, 6) is 1.44. The Hall–Kier alpha value is -7.00. The minimum Gasteiger partial charge on any atom is -0.300 e. The molecule has 0 saturated carbocycles. The summed E-state index contributed by atoms with van der Waals surface area (Å²) in [6.07, 6.45) is 0. The number of amidine groups is 2. The van der Waals surface area contributed by atoms with Gasteiger partial charge in [-0.15, -0.1) is 22.7 Å². The quantitative estimate of drug-likeness (QED) is 0.0858. The molecule has 0 atom stereocenters. The third-order valence-corrected chi connectivity index (χ3v) is 12.1. The van der Waals surface area contributed by atoms with E-state index in [1.807, 2.05) is 78.9 Å². The maximum absolute atomic E-state index is 8.79. The van der Waals surface area contributed by atoms with Crippen LogP contribution >= 0.6 is 22.7 Å². The predicted octanol–water partition coefficient (Wildman–Crippen LogP) is 12.6. The van der Waals surface area contributed by atoms with E-state index in [9.17, 15) is 0 Å². The molecular formula is C48H32N6S2. The molecule has 0 amide bonds. The maximum Gasteiger partial charge on any atom is 0.161 e. The first-order valence-corrected chi connectivity index (χ1v) is 19.9. The van der Waals surface area contributed by atoms with Gasteiger partial charge in [0.15, 0.2) is 17.5 Å². The summed E-state index contributed by atoms with van der Waals surface area (Å²) in [5.41, 5.74) is 15.2. The van der Waals surface area contributed by atoms with Crippen molar-refractivity contribution in [3.63, 3.8) is 0 Å². The smallest absolute Gasteiger partial charge is 0.161 e. The van der Waals surface area contributed by atoms with E-state index in [2.05, 4.69) is 108 Å². The van der Waals surface area contributed by atoms with Crippen LogP contribution in [0.4, 0.5) is 5.69 Å². The number of hydrazine groups is 1. The van der Waals surface area contributed by atoms with Gasteiger partial charge < -0.3 is 0 Å². The van der Waals surface area contributed by atoms with Gasteiger partial charge >= 0.3 is 0 Å². The van der Waals surface area contributed by atoms with Crippen LogP contribution in [0, 0.1) is 5.41 Å². The first kappa shape index (κ1) is 33.6. The van der Waals surface area contributed by atoms with Crippen LogP contribution < -0.4 is 10.9 Å². The van der Waals surface area contributed by atoms with Gasteiger partial charge in [-0.3, -0.25) is 16.3 Å². The number of aromatic nitrogens is 2. The normalized spacial score (nSPS) is 11.8. The highest BCUT2D eigenvalue weighted by Crippen LogP contribution is 2.43. The van der Waals surface area contributed by atoms with Gasteiger partial charge in [-0.2, -0.15) is 0 Å². The zero-order valence-corrected chi connectivity index (χ0v) is 31.5. The van der Waals surface area contributed by atoms with Crippen molar-refractivity contribution in [2.45, 2.75) is 0 Å². The fourth-order valence-electron chi connectivity index (χ4n) is 7.13. The first-order valence-electron chi connectivity index (χ1n) is 18.3. The van der Waals surface area contributed by atoms with Gasteiger partial charge in [-0.05, 0) is 47.5 Å². The molecule has 10 rings (SSSR count). The van der Waals surface area contributed by atoms with Crippen molar-refractivity contribution in [2.24, 2.45) is 4.99 Å². The van der Waals surface area contributed by atoms with Gasteiger partial charge in [0.05, 0.1) is 21.6 Å². The Labute approximate surface area is 331 Å². The summed E-state index contributed by atoms with van der Waals surface area (Å²) in [6.45, 7) is 0. The van der Waals surface area contributed by atoms with Crippen LogP contribution in [-0.4, -0.2) is 21.6 Å². The molecule has 8 heteroatoms. The van der Waals surface area contributed by atoms with Crippen molar-refractivity contribution in [3.8, 4) is 33.8 Å². The Morgan fingerprint density at radius 2 is 1.21 bits per heavy atom. The number of hydrogen-bond acceptors (Lipinski definition) is 6. The lowest BCUT2D eigenvalue weighted by Gasteiger charge is -2.14. The molecule has 0 radical (unpaired) electrons. The van der Waals surface area contributed by atoms with Gasteiger partial charge in [-0.25, -0.2) is 15.0 Å². The number of benzene rings is 7. The molecule has 10 aromatic rings. The monoisotopic (exact) mass is 756 g/mol. The maximum atomic E-state index is 8.79. The Morgan fingerprint density at radius 1 is 0.536 bits per heavy atom. The number of anilines is 1. The standard InChI is InChI=1S/C48H32N6S2/c49-46(31-16-6-2-7-17-31)52-47(54-53-35-20-8-3-9-21-35)34-19-12-18-32(28-34)33-26-27-36-41(29-33)55-40-25-13-23-38(42(36)40)48-50-43(30-14-4-1-5-15-30)45-44(51-48)37-22-10-11-24-39(37)56-45/h1-29,53H,(H2,49,52,54).